The summed E-state index contributed by atoms with van der Waals surface area (Å²) in [7, 11) is -0.298. The molecule has 1 saturated heterocycles. The largest absolute Gasteiger partial charge is 0.466 e. The average molecular weight is 552 g/mol. The lowest BCUT2D eigenvalue weighted by molar-refractivity contribution is -0.156. The number of hydrogen-bond donors (Lipinski definition) is 0. The van der Waals surface area contributed by atoms with Crippen molar-refractivity contribution in [2.24, 2.45) is 5.92 Å². The van der Waals surface area contributed by atoms with Crippen molar-refractivity contribution in [3.63, 3.8) is 0 Å². The van der Waals surface area contributed by atoms with E-state index < -0.39 is 45.8 Å². The standard InChI is InChI=1S/C24H26BrNO7S/c1-24(2,3)34(31)19-12-17-16(6-5-7-20(28)32-4)22(29)26(17)21(19)23(30)33-13-18(27)14-8-10-15(25)11-9-14/h5,7-11,16-17H,6,12-13H2,1-4H3/b7-5+. The molecule has 1 aromatic carbocycles. The van der Waals surface area contributed by atoms with E-state index in [1.165, 1.54) is 18.1 Å². The van der Waals surface area contributed by atoms with Crippen molar-refractivity contribution >= 4 is 50.4 Å². The molecule has 0 N–H and O–H groups in total. The third-order valence-electron chi connectivity index (χ3n) is 5.57. The van der Waals surface area contributed by atoms with E-state index in [2.05, 4.69) is 20.7 Å². The van der Waals surface area contributed by atoms with Gasteiger partial charge in [0.05, 0.1) is 34.8 Å². The number of β-lactam (4-membered cyclic amide) rings is 1. The molecule has 0 bridgehead atoms. The number of nitrogens with zero attached hydrogens (tertiary/aromatic N) is 1. The summed E-state index contributed by atoms with van der Waals surface area (Å²) < 4.78 is 23.2. The Balaban J connectivity index is 1.78. The van der Waals surface area contributed by atoms with Gasteiger partial charge in [0, 0.05) is 27.3 Å². The average Bonchev–Trinajstić information content (AvgIpc) is 3.15. The van der Waals surface area contributed by atoms with E-state index in [9.17, 15) is 23.4 Å². The quantitative estimate of drug-likeness (QED) is 0.211. The Hall–Kier alpha value is -2.59. The maximum atomic E-state index is 13.2. The first-order valence-corrected chi connectivity index (χ1v) is 12.6. The Kier molecular flexibility index (Phi) is 7.92. The summed E-state index contributed by atoms with van der Waals surface area (Å²) in [6, 6.07) is 6.27. The third-order valence-corrected chi connectivity index (χ3v) is 8.02. The lowest BCUT2D eigenvalue weighted by Gasteiger charge is -2.43. The van der Waals surface area contributed by atoms with Crippen molar-refractivity contribution in [3.8, 4) is 0 Å². The first-order chi connectivity index (χ1) is 16.0. The van der Waals surface area contributed by atoms with E-state index in [1.54, 1.807) is 51.1 Å². The molecule has 3 rings (SSSR count). The molecule has 0 spiro atoms. The Bertz CT molecular complexity index is 1100. The lowest BCUT2D eigenvalue weighted by atomic mass is 9.84. The number of halogens is 1. The number of carbonyl (C=O) groups is 4. The van der Waals surface area contributed by atoms with Crippen molar-refractivity contribution in [3.05, 3.63) is 57.1 Å². The van der Waals surface area contributed by atoms with Gasteiger partial charge in [-0.05, 0) is 39.3 Å². The Labute approximate surface area is 208 Å². The van der Waals surface area contributed by atoms with E-state index in [4.69, 9.17) is 4.74 Å². The summed E-state index contributed by atoms with van der Waals surface area (Å²) >= 11 is 3.30. The minimum absolute atomic E-state index is 0.0416. The highest BCUT2D eigenvalue weighted by atomic mass is 79.9. The first-order valence-electron chi connectivity index (χ1n) is 10.6. The van der Waals surface area contributed by atoms with Crippen LogP contribution in [-0.4, -0.2) is 57.2 Å². The van der Waals surface area contributed by atoms with Gasteiger partial charge in [-0.1, -0.05) is 34.1 Å². The number of allylic oxidation sites excluding steroid dienone is 1. The van der Waals surface area contributed by atoms with Crippen LogP contribution in [0.5, 0.6) is 0 Å². The number of fused-ring (bicyclic) bond motifs is 1. The van der Waals surface area contributed by atoms with Gasteiger partial charge in [0.1, 0.15) is 5.70 Å². The number of esters is 2. The molecule has 34 heavy (non-hydrogen) atoms. The molecule has 2 aliphatic rings. The first kappa shape index (κ1) is 26.0. The molecule has 1 aromatic rings. The highest BCUT2D eigenvalue weighted by molar-refractivity contribution is 9.10. The van der Waals surface area contributed by atoms with Gasteiger partial charge in [-0.15, -0.1) is 0 Å². The fourth-order valence-electron chi connectivity index (χ4n) is 3.84. The van der Waals surface area contributed by atoms with Crippen molar-refractivity contribution in [1.82, 2.24) is 4.90 Å². The molecule has 0 aromatic heterocycles. The normalized spacial score (nSPS) is 20.7. The number of carbonyl (C=O) groups excluding carboxylic acids is 4. The highest BCUT2D eigenvalue weighted by Gasteiger charge is 2.56. The fraction of sp³-hybridized carbons (Fsp3) is 0.417. The van der Waals surface area contributed by atoms with Gasteiger partial charge >= 0.3 is 11.9 Å². The van der Waals surface area contributed by atoms with Crippen LogP contribution in [0.2, 0.25) is 0 Å². The van der Waals surface area contributed by atoms with E-state index in [0.717, 1.165) is 4.47 Å². The molecule has 0 radical (unpaired) electrons. The third kappa shape index (κ3) is 5.38. The second-order valence-corrected chi connectivity index (χ2v) is 12.1. The predicted octanol–water partition coefficient (Wildman–Crippen LogP) is 3.28. The van der Waals surface area contributed by atoms with Gasteiger partial charge in [-0.3, -0.25) is 13.8 Å². The van der Waals surface area contributed by atoms with Crippen LogP contribution in [0.25, 0.3) is 0 Å². The maximum absolute atomic E-state index is 13.2. The fourth-order valence-corrected chi connectivity index (χ4v) is 5.52. The van der Waals surface area contributed by atoms with Gasteiger partial charge < -0.3 is 14.4 Å². The molecule has 2 heterocycles. The minimum atomic E-state index is -1.56. The number of rotatable bonds is 8. The molecule has 3 unspecified atom stereocenters. The number of methoxy groups -OCH3 is 1. The molecule has 1 amide bonds. The van der Waals surface area contributed by atoms with Crippen LogP contribution in [0.4, 0.5) is 0 Å². The molecule has 8 nitrogen and oxygen atoms in total. The zero-order valence-corrected chi connectivity index (χ0v) is 21.7. The second kappa shape index (κ2) is 10.4. The summed E-state index contributed by atoms with van der Waals surface area (Å²) in [5.74, 6) is -2.54. The molecule has 0 aliphatic carbocycles. The molecule has 182 valence electrons. The van der Waals surface area contributed by atoms with Crippen molar-refractivity contribution in [1.29, 1.82) is 0 Å². The number of Topliss-reactive ketones (excluding diaryl/α,β-unsaturated/α-hetero) is 1. The van der Waals surface area contributed by atoms with Crippen LogP contribution in [0, 0.1) is 5.92 Å². The number of hydrogen-bond acceptors (Lipinski definition) is 7. The van der Waals surface area contributed by atoms with Gasteiger partial charge in [-0.25, -0.2) is 9.59 Å². The predicted molar refractivity (Wildman–Crippen MR) is 129 cm³/mol. The van der Waals surface area contributed by atoms with Gasteiger partial charge in [0.25, 0.3) is 0 Å². The summed E-state index contributed by atoms with van der Waals surface area (Å²) in [4.78, 5) is 51.3. The van der Waals surface area contributed by atoms with Crippen molar-refractivity contribution in [2.45, 2.75) is 44.4 Å². The molecular weight excluding hydrogens is 526 g/mol. The van der Waals surface area contributed by atoms with E-state index in [1.807, 2.05) is 0 Å². The molecule has 1 fully saturated rings. The van der Waals surface area contributed by atoms with Crippen LogP contribution in [0.15, 0.2) is 51.5 Å². The Morgan fingerprint density at radius 2 is 1.85 bits per heavy atom. The zero-order chi connectivity index (χ0) is 25.2. The monoisotopic (exact) mass is 551 g/mol. The van der Waals surface area contributed by atoms with Crippen LogP contribution < -0.4 is 0 Å². The van der Waals surface area contributed by atoms with Crippen LogP contribution >= 0.6 is 15.9 Å². The molecule has 3 atom stereocenters. The Morgan fingerprint density at radius 3 is 2.44 bits per heavy atom. The van der Waals surface area contributed by atoms with Crippen LogP contribution in [0.1, 0.15) is 44.0 Å². The lowest BCUT2D eigenvalue weighted by Crippen LogP contribution is -2.58. The second-order valence-electron chi connectivity index (χ2n) is 8.91. The SMILES string of the molecule is COC(=O)/C=C/CC1C(=O)N2C(C(=O)OCC(=O)c3ccc(Br)cc3)=C(S(=O)C(C)(C)C)CC12. The topological polar surface area (TPSA) is 107 Å². The van der Waals surface area contributed by atoms with Crippen LogP contribution in [0.3, 0.4) is 0 Å². The maximum Gasteiger partial charge on any atom is 0.356 e. The summed E-state index contributed by atoms with van der Waals surface area (Å²) in [6.07, 6.45) is 3.35. The van der Waals surface area contributed by atoms with E-state index >= 15 is 0 Å². The summed E-state index contributed by atoms with van der Waals surface area (Å²) in [6.45, 7) is 4.84. The molecular formula is C24H26BrNO7S. The van der Waals surface area contributed by atoms with Gasteiger partial charge in [-0.2, -0.15) is 0 Å². The number of amides is 1. The van der Waals surface area contributed by atoms with Gasteiger partial charge in [0.15, 0.2) is 12.4 Å². The summed E-state index contributed by atoms with van der Waals surface area (Å²) in [5.41, 5.74) is 0.338. The van der Waals surface area contributed by atoms with Crippen LogP contribution in [-0.2, 0) is 34.7 Å². The zero-order valence-electron chi connectivity index (χ0n) is 19.3. The molecule has 0 saturated carbocycles. The number of ether oxygens (including phenoxy) is 2. The molecule has 10 heteroatoms. The van der Waals surface area contributed by atoms with E-state index in [0.29, 0.717) is 10.5 Å². The van der Waals surface area contributed by atoms with E-state index in [-0.39, 0.29) is 30.5 Å². The van der Waals surface area contributed by atoms with Crippen molar-refractivity contribution in [2.75, 3.05) is 13.7 Å². The Morgan fingerprint density at radius 1 is 1.21 bits per heavy atom. The highest BCUT2D eigenvalue weighted by Crippen LogP contribution is 2.46. The smallest absolute Gasteiger partial charge is 0.356 e. The minimum Gasteiger partial charge on any atom is -0.466 e. The summed E-state index contributed by atoms with van der Waals surface area (Å²) in [5, 5.41) is 0. The number of benzene rings is 1. The number of ketones is 1. The van der Waals surface area contributed by atoms with Crippen molar-refractivity contribution < 1.29 is 32.9 Å². The molecule has 2 aliphatic heterocycles. The van der Waals surface area contributed by atoms with Gasteiger partial charge in [0.2, 0.25) is 5.91 Å².